The van der Waals surface area contributed by atoms with Crippen LogP contribution in [0.2, 0.25) is 0 Å². The van der Waals surface area contributed by atoms with Gasteiger partial charge in [-0.3, -0.25) is 0 Å². The molecular formula is C18H19NO2. The van der Waals surface area contributed by atoms with E-state index in [-0.39, 0.29) is 0 Å². The summed E-state index contributed by atoms with van der Waals surface area (Å²) in [6, 6.07) is 16.6. The topological polar surface area (TPSA) is 23.4 Å². The van der Waals surface area contributed by atoms with Crippen molar-refractivity contribution in [3.8, 4) is 11.5 Å². The van der Waals surface area contributed by atoms with E-state index >= 15 is 0 Å². The number of fused-ring (bicyclic) bond motifs is 1. The standard InChI is InChI=1S/C18H19NO2/c1-20-16-5-3-14(4-6-16)9-11-19-12-10-15-13-17(21-2)7-8-18(15)19/h3-8,10,12-13H,9,11H2,1-2H3. The van der Waals surface area contributed by atoms with Crippen molar-refractivity contribution in [3.05, 3.63) is 60.3 Å². The molecule has 0 saturated heterocycles. The Morgan fingerprint density at radius 1 is 0.857 bits per heavy atom. The fraction of sp³-hybridized carbons (Fsp3) is 0.222. The van der Waals surface area contributed by atoms with E-state index in [1.165, 1.54) is 16.5 Å². The zero-order valence-electron chi connectivity index (χ0n) is 12.4. The van der Waals surface area contributed by atoms with Crippen molar-refractivity contribution in [1.82, 2.24) is 4.57 Å². The molecule has 1 heterocycles. The van der Waals surface area contributed by atoms with Gasteiger partial charge in [-0.25, -0.2) is 0 Å². The summed E-state index contributed by atoms with van der Waals surface area (Å²) in [6.45, 7) is 0.960. The molecule has 1 aromatic heterocycles. The number of ether oxygens (including phenoxy) is 2. The Balaban J connectivity index is 1.75. The summed E-state index contributed by atoms with van der Waals surface area (Å²) >= 11 is 0. The lowest BCUT2D eigenvalue weighted by molar-refractivity contribution is 0.414. The molecule has 0 unspecified atom stereocenters. The van der Waals surface area contributed by atoms with Crippen LogP contribution < -0.4 is 9.47 Å². The predicted molar refractivity (Wildman–Crippen MR) is 85.2 cm³/mol. The van der Waals surface area contributed by atoms with Gasteiger partial charge in [0.15, 0.2) is 0 Å². The van der Waals surface area contributed by atoms with Gasteiger partial charge < -0.3 is 14.0 Å². The first kappa shape index (κ1) is 13.6. The van der Waals surface area contributed by atoms with Gasteiger partial charge in [-0.05, 0) is 48.4 Å². The molecule has 0 aliphatic carbocycles. The Morgan fingerprint density at radius 2 is 1.57 bits per heavy atom. The van der Waals surface area contributed by atoms with Crippen LogP contribution in [-0.4, -0.2) is 18.8 Å². The van der Waals surface area contributed by atoms with Crippen molar-refractivity contribution >= 4 is 10.9 Å². The quantitative estimate of drug-likeness (QED) is 0.708. The first-order chi connectivity index (χ1) is 10.3. The fourth-order valence-electron chi connectivity index (χ4n) is 2.54. The monoisotopic (exact) mass is 281 g/mol. The van der Waals surface area contributed by atoms with E-state index in [0.29, 0.717) is 0 Å². The molecule has 0 aliphatic rings. The number of hydrogen-bond acceptors (Lipinski definition) is 2. The molecule has 3 rings (SSSR count). The van der Waals surface area contributed by atoms with Crippen molar-refractivity contribution in [2.24, 2.45) is 0 Å². The molecule has 21 heavy (non-hydrogen) atoms. The van der Waals surface area contributed by atoms with E-state index in [0.717, 1.165) is 24.5 Å². The minimum atomic E-state index is 0.899. The highest BCUT2D eigenvalue weighted by atomic mass is 16.5. The zero-order valence-corrected chi connectivity index (χ0v) is 12.4. The van der Waals surface area contributed by atoms with Crippen LogP contribution in [0, 0.1) is 0 Å². The van der Waals surface area contributed by atoms with Crippen molar-refractivity contribution in [1.29, 1.82) is 0 Å². The molecule has 0 N–H and O–H groups in total. The zero-order chi connectivity index (χ0) is 14.7. The average Bonchev–Trinajstić information content (AvgIpc) is 2.95. The second-order valence-electron chi connectivity index (χ2n) is 5.03. The average molecular weight is 281 g/mol. The minimum Gasteiger partial charge on any atom is -0.497 e. The third-order valence-electron chi connectivity index (χ3n) is 3.78. The van der Waals surface area contributed by atoms with Gasteiger partial charge in [0, 0.05) is 23.6 Å². The highest BCUT2D eigenvalue weighted by Crippen LogP contribution is 2.22. The maximum absolute atomic E-state index is 5.26. The highest BCUT2D eigenvalue weighted by molar-refractivity contribution is 5.81. The van der Waals surface area contributed by atoms with Crippen LogP contribution >= 0.6 is 0 Å². The lowest BCUT2D eigenvalue weighted by Crippen LogP contribution is -1.99. The fourth-order valence-corrected chi connectivity index (χ4v) is 2.54. The summed E-state index contributed by atoms with van der Waals surface area (Å²) in [7, 11) is 3.39. The number of hydrogen-bond donors (Lipinski definition) is 0. The minimum absolute atomic E-state index is 0.899. The Bertz CT molecular complexity index is 729. The first-order valence-corrected chi connectivity index (χ1v) is 7.06. The van der Waals surface area contributed by atoms with E-state index < -0.39 is 0 Å². The molecule has 0 atom stereocenters. The summed E-state index contributed by atoms with van der Waals surface area (Å²) in [5, 5.41) is 1.21. The van der Waals surface area contributed by atoms with Gasteiger partial charge in [0.1, 0.15) is 11.5 Å². The predicted octanol–water partition coefficient (Wildman–Crippen LogP) is 3.90. The summed E-state index contributed by atoms with van der Waals surface area (Å²) in [5.74, 6) is 1.80. The van der Waals surface area contributed by atoms with Crippen LogP contribution in [0.15, 0.2) is 54.7 Å². The smallest absolute Gasteiger partial charge is 0.119 e. The van der Waals surface area contributed by atoms with Crippen molar-refractivity contribution < 1.29 is 9.47 Å². The summed E-state index contributed by atoms with van der Waals surface area (Å²) in [4.78, 5) is 0. The lowest BCUT2D eigenvalue weighted by Gasteiger charge is -2.07. The second kappa shape index (κ2) is 5.92. The number of aromatic nitrogens is 1. The Labute approximate surface area is 124 Å². The molecule has 0 amide bonds. The third kappa shape index (κ3) is 2.87. The number of benzene rings is 2. The van der Waals surface area contributed by atoms with Gasteiger partial charge in [-0.2, -0.15) is 0 Å². The van der Waals surface area contributed by atoms with E-state index in [9.17, 15) is 0 Å². The normalized spacial score (nSPS) is 10.8. The van der Waals surface area contributed by atoms with Crippen molar-refractivity contribution in [2.75, 3.05) is 14.2 Å². The van der Waals surface area contributed by atoms with Crippen LogP contribution in [0.5, 0.6) is 11.5 Å². The molecular weight excluding hydrogens is 262 g/mol. The molecule has 0 fully saturated rings. The van der Waals surface area contributed by atoms with Gasteiger partial charge in [0.2, 0.25) is 0 Å². The molecule has 108 valence electrons. The van der Waals surface area contributed by atoms with Gasteiger partial charge in [-0.1, -0.05) is 12.1 Å². The van der Waals surface area contributed by atoms with Crippen LogP contribution in [0.1, 0.15) is 5.56 Å². The Hall–Kier alpha value is -2.42. The summed E-state index contributed by atoms with van der Waals surface area (Å²) < 4.78 is 12.7. The third-order valence-corrected chi connectivity index (χ3v) is 3.78. The number of nitrogens with zero attached hydrogens (tertiary/aromatic N) is 1. The van der Waals surface area contributed by atoms with Gasteiger partial charge in [-0.15, -0.1) is 0 Å². The molecule has 0 spiro atoms. The number of rotatable bonds is 5. The van der Waals surface area contributed by atoms with E-state index in [1.54, 1.807) is 14.2 Å². The largest absolute Gasteiger partial charge is 0.497 e. The Morgan fingerprint density at radius 3 is 2.29 bits per heavy atom. The summed E-state index contributed by atoms with van der Waals surface area (Å²) in [6.07, 6.45) is 3.13. The van der Waals surface area contributed by atoms with Crippen LogP contribution in [0.25, 0.3) is 10.9 Å². The summed E-state index contributed by atoms with van der Waals surface area (Å²) in [5.41, 5.74) is 2.55. The van der Waals surface area contributed by atoms with Gasteiger partial charge >= 0.3 is 0 Å². The highest BCUT2D eigenvalue weighted by Gasteiger charge is 2.03. The first-order valence-electron chi connectivity index (χ1n) is 7.06. The molecule has 0 radical (unpaired) electrons. The molecule has 3 heteroatoms. The molecule has 0 bridgehead atoms. The van der Waals surface area contributed by atoms with Crippen molar-refractivity contribution in [3.63, 3.8) is 0 Å². The number of methoxy groups -OCH3 is 2. The van der Waals surface area contributed by atoms with E-state index in [2.05, 4.69) is 41.1 Å². The van der Waals surface area contributed by atoms with E-state index in [1.807, 2.05) is 18.2 Å². The second-order valence-corrected chi connectivity index (χ2v) is 5.03. The maximum Gasteiger partial charge on any atom is 0.119 e. The van der Waals surface area contributed by atoms with E-state index in [4.69, 9.17) is 9.47 Å². The maximum atomic E-state index is 5.26. The number of aryl methyl sites for hydroxylation is 2. The lowest BCUT2D eigenvalue weighted by atomic mass is 10.1. The SMILES string of the molecule is COc1ccc(CCn2ccc3cc(OC)ccc32)cc1. The van der Waals surface area contributed by atoms with Gasteiger partial charge in [0.25, 0.3) is 0 Å². The van der Waals surface area contributed by atoms with Gasteiger partial charge in [0.05, 0.1) is 14.2 Å². The Kier molecular flexibility index (Phi) is 3.82. The van der Waals surface area contributed by atoms with Crippen molar-refractivity contribution in [2.45, 2.75) is 13.0 Å². The molecule has 0 saturated carbocycles. The molecule has 3 nitrogen and oxygen atoms in total. The van der Waals surface area contributed by atoms with Crippen LogP contribution in [0.3, 0.4) is 0 Å². The molecule has 2 aromatic carbocycles. The van der Waals surface area contributed by atoms with Crippen LogP contribution in [-0.2, 0) is 13.0 Å². The molecule has 3 aromatic rings. The molecule has 0 aliphatic heterocycles. The van der Waals surface area contributed by atoms with Crippen LogP contribution in [0.4, 0.5) is 0 Å².